The van der Waals surface area contributed by atoms with E-state index >= 15 is 0 Å². The Labute approximate surface area is 167 Å². The number of benzene rings is 2. The second-order valence-electron chi connectivity index (χ2n) is 7.73. The molecule has 1 fully saturated rings. The van der Waals surface area contributed by atoms with Gasteiger partial charge < -0.3 is 10.5 Å². The third kappa shape index (κ3) is 3.96. The number of hydrogen-bond donors (Lipinski definition) is 1. The molecule has 2 N–H and O–H groups in total. The van der Waals surface area contributed by atoms with Gasteiger partial charge in [0, 0.05) is 12.6 Å². The van der Waals surface area contributed by atoms with Crippen molar-refractivity contribution in [2.24, 2.45) is 5.73 Å². The lowest BCUT2D eigenvalue weighted by Crippen LogP contribution is -2.49. The van der Waals surface area contributed by atoms with E-state index in [1.807, 2.05) is 24.3 Å². The number of nitrogens with two attached hydrogens (primary N) is 1. The van der Waals surface area contributed by atoms with Gasteiger partial charge in [0.25, 0.3) is 0 Å². The second-order valence-corrected chi connectivity index (χ2v) is 7.73. The summed E-state index contributed by atoms with van der Waals surface area (Å²) < 4.78 is 46.9. The second kappa shape index (κ2) is 7.69. The zero-order valence-electron chi connectivity index (χ0n) is 15.8. The first-order valence-electron chi connectivity index (χ1n) is 9.72. The number of halogens is 3. The summed E-state index contributed by atoms with van der Waals surface area (Å²) >= 11 is 0. The minimum Gasteiger partial charge on any atom is -0.483 e. The van der Waals surface area contributed by atoms with Crippen molar-refractivity contribution in [2.75, 3.05) is 13.1 Å². The van der Waals surface area contributed by atoms with Crippen LogP contribution in [0.5, 0.6) is 5.75 Å². The molecule has 2 aliphatic rings. The fourth-order valence-corrected chi connectivity index (χ4v) is 4.40. The van der Waals surface area contributed by atoms with Gasteiger partial charge in [-0.3, -0.25) is 4.90 Å². The Bertz CT molecular complexity index is 938. The quantitative estimate of drug-likeness (QED) is 0.843. The van der Waals surface area contributed by atoms with Crippen LogP contribution in [-0.4, -0.2) is 30.1 Å². The zero-order valence-corrected chi connectivity index (χ0v) is 15.8. The van der Waals surface area contributed by atoms with Crippen molar-refractivity contribution in [1.82, 2.24) is 4.90 Å². The van der Waals surface area contributed by atoms with Gasteiger partial charge in [-0.05, 0) is 55.1 Å². The van der Waals surface area contributed by atoms with Gasteiger partial charge in [-0.1, -0.05) is 24.3 Å². The maximum atomic E-state index is 13.6. The maximum absolute atomic E-state index is 13.6. The van der Waals surface area contributed by atoms with Crippen molar-refractivity contribution in [3.8, 4) is 11.8 Å². The number of nitriles is 1. The highest BCUT2D eigenvalue weighted by molar-refractivity contribution is 5.45. The molecule has 1 unspecified atom stereocenters. The van der Waals surface area contributed by atoms with Gasteiger partial charge in [0.05, 0.1) is 23.2 Å². The average molecular weight is 401 g/mol. The molecular formula is C22H22F3N3O. The van der Waals surface area contributed by atoms with Gasteiger partial charge in [-0.15, -0.1) is 0 Å². The summed E-state index contributed by atoms with van der Waals surface area (Å²) in [7, 11) is 0. The molecule has 1 aliphatic carbocycles. The maximum Gasteiger partial charge on any atom is 0.420 e. The van der Waals surface area contributed by atoms with Crippen molar-refractivity contribution >= 4 is 0 Å². The van der Waals surface area contributed by atoms with Crippen LogP contribution in [0.4, 0.5) is 13.2 Å². The summed E-state index contributed by atoms with van der Waals surface area (Å²) in [4.78, 5) is 2.25. The molecule has 4 nitrogen and oxygen atoms in total. The van der Waals surface area contributed by atoms with E-state index in [4.69, 9.17) is 15.7 Å². The standard InChI is InChI=1S/C22H22F3N3O/c23-22(24,25)18-10-14(12-26)7-8-20(18)29-21-17-6-2-1-4-15(17)11-19(21)28-9-3-5-16(27)13-28/h1-2,4,6-8,10,16,19,21H,3,5,9,11,13,27H2/t16-,19?,21+/m0/s1. The fourth-order valence-electron chi connectivity index (χ4n) is 4.40. The van der Waals surface area contributed by atoms with E-state index in [-0.39, 0.29) is 23.4 Å². The van der Waals surface area contributed by atoms with Crippen LogP contribution in [-0.2, 0) is 12.6 Å². The molecule has 4 rings (SSSR count). The summed E-state index contributed by atoms with van der Waals surface area (Å²) in [5.74, 6) is -0.246. The van der Waals surface area contributed by atoms with E-state index in [0.717, 1.165) is 36.6 Å². The number of hydrogen-bond acceptors (Lipinski definition) is 4. The van der Waals surface area contributed by atoms with Crippen molar-refractivity contribution < 1.29 is 17.9 Å². The summed E-state index contributed by atoms with van der Waals surface area (Å²) in [5.41, 5.74) is 7.18. The van der Waals surface area contributed by atoms with E-state index in [9.17, 15) is 13.2 Å². The van der Waals surface area contributed by atoms with Gasteiger partial charge >= 0.3 is 6.18 Å². The Hall–Kier alpha value is -2.56. The number of likely N-dealkylation sites (tertiary alicyclic amines) is 1. The Balaban J connectivity index is 1.71. The van der Waals surface area contributed by atoms with Crippen LogP contribution in [0, 0.1) is 11.3 Å². The van der Waals surface area contributed by atoms with E-state index in [1.165, 1.54) is 12.1 Å². The molecule has 1 saturated heterocycles. The molecule has 2 aromatic rings. The van der Waals surface area contributed by atoms with E-state index in [0.29, 0.717) is 13.0 Å². The Morgan fingerprint density at radius 3 is 2.69 bits per heavy atom. The Morgan fingerprint density at radius 1 is 1.17 bits per heavy atom. The van der Waals surface area contributed by atoms with Crippen LogP contribution >= 0.6 is 0 Å². The lowest BCUT2D eigenvalue weighted by Gasteiger charge is -2.38. The highest BCUT2D eigenvalue weighted by Crippen LogP contribution is 2.43. The monoisotopic (exact) mass is 401 g/mol. The van der Waals surface area contributed by atoms with Crippen molar-refractivity contribution in [2.45, 2.75) is 43.6 Å². The molecule has 0 aromatic heterocycles. The molecule has 7 heteroatoms. The van der Waals surface area contributed by atoms with Crippen LogP contribution in [0.2, 0.25) is 0 Å². The molecule has 152 valence electrons. The number of ether oxygens (including phenoxy) is 1. The van der Waals surface area contributed by atoms with Crippen molar-refractivity contribution in [3.05, 3.63) is 64.7 Å². The molecule has 0 bridgehead atoms. The molecule has 3 atom stereocenters. The van der Waals surface area contributed by atoms with Gasteiger partial charge in [0.15, 0.2) is 0 Å². The highest BCUT2D eigenvalue weighted by Gasteiger charge is 2.41. The number of piperidine rings is 1. The number of fused-ring (bicyclic) bond motifs is 1. The molecule has 0 amide bonds. The van der Waals surface area contributed by atoms with Gasteiger partial charge in [-0.2, -0.15) is 18.4 Å². The topological polar surface area (TPSA) is 62.3 Å². The van der Waals surface area contributed by atoms with Gasteiger partial charge in [-0.25, -0.2) is 0 Å². The van der Waals surface area contributed by atoms with Crippen LogP contribution < -0.4 is 10.5 Å². The number of nitrogens with zero attached hydrogens (tertiary/aromatic N) is 2. The van der Waals surface area contributed by atoms with Crippen LogP contribution in [0.15, 0.2) is 42.5 Å². The third-order valence-electron chi connectivity index (χ3n) is 5.77. The molecule has 1 heterocycles. The van der Waals surface area contributed by atoms with E-state index in [2.05, 4.69) is 4.90 Å². The Morgan fingerprint density at radius 2 is 1.97 bits per heavy atom. The van der Waals surface area contributed by atoms with Crippen molar-refractivity contribution in [1.29, 1.82) is 5.26 Å². The first-order valence-corrected chi connectivity index (χ1v) is 9.72. The predicted octanol–water partition coefficient (Wildman–Crippen LogP) is 4.04. The molecule has 2 aromatic carbocycles. The normalized spacial score (nSPS) is 24.7. The fraction of sp³-hybridized carbons (Fsp3) is 0.409. The first kappa shape index (κ1) is 19.7. The van der Waals surface area contributed by atoms with Gasteiger partial charge in [0.2, 0.25) is 0 Å². The smallest absolute Gasteiger partial charge is 0.420 e. The lowest BCUT2D eigenvalue weighted by atomic mass is 10.0. The number of rotatable bonds is 3. The average Bonchev–Trinajstić information content (AvgIpc) is 3.06. The molecule has 29 heavy (non-hydrogen) atoms. The molecule has 0 saturated carbocycles. The summed E-state index contributed by atoms with van der Waals surface area (Å²) in [6.07, 6.45) is -2.50. The highest BCUT2D eigenvalue weighted by atomic mass is 19.4. The lowest BCUT2D eigenvalue weighted by molar-refractivity contribution is -0.139. The summed E-state index contributed by atoms with van der Waals surface area (Å²) in [6, 6.07) is 12.9. The van der Waals surface area contributed by atoms with Crippen LogP contribution in [0.3, 0.4) is 0 Å². The van der Waals surface area contributed by atoms with E-state index < -0.39 is 17.8 Å². The van der Waals surface area contributed by atoms with Crippen LogP contribution in [0.1, 0.15) is 41.2 Å². The predicted molar refractivity (Wildman–Crippen MR) is 102 cm³/mol. The van der Waals surface area contributed by atoms with Crippen LogP contribution in [0.25, 0.3) is 0 Å². The molecular weight excluding hydrogens is 379 g/mol. The summed E-state index contributed by atoms with van der Waals surface area (Å²) in [6.45, 7) is 1.56. The van der Waals surface area contributed by atoms with E-state index in [1.54, 1.807) is 6.07 Å². The minimum atomic E-state index is -4.61. The molecule has 0 spiro atoms. The van der Waals surface area contributed by atoms with Gasteiger partial charge in [0.1, 0.15) is 11.9 Å². The zero-order chi connectivity index (χ0) is 20.6. The Kier molecular flexibility index (Phi) is 5.24. The molecule has 1 aliphatic heterocycles. The molecule has 0 radical (unpaired) electrons. The van der Waals surface area contributed by atoms with Crippen molar-refractivity contribution in [3.63, 3.8) is 0 Å². The minimum absolute atomic E-state index is 0.0462. The summed E-state index contributed by atoms with van der Waals surface area (Å²) in [5, 5.41) is 8.99. The first-order chi connectivity index (χ1) is 13.9. The number of alkyl halides is 3. The SMILES string of the molecule is N#Cc1ccc(O[C@@H]2c3ccccc3CC2N2CCC[C@H](N)C2)c(C(F)(F)F)c1. The largest absolute Gasteiger partial charge is 0.483 e. The third-order valence-corrected chi connectivity index (χ3v) is 5.77.